The van der Waals surface area contributed by atoms with Gasteiger partial charge >= 0.3 is 5.97 Å². The second kappa shape index (κ2) is 62.6. The Bertz CT molecular complexity index is 1180. The predicted molar refractivity (Wildman–Crippen MR) is 319 cm³/mol. The lowest BCUT2D eigenvalue weighted by atomic mass is 10.0. The Labute approximate surface area is 455 Å². The van der Waals surface area contributed by atoms with Gasteiger partial charge in [-0.2, -0.15) is 0 Å². The number of carbonyl (C=O) groups is 2. The summed E-state index contributed by atoms with van der Waals surface area (Å²) in [5.41, 5.74) is 0. The second-order valence-corrected chi connectivity index (χ2v) is 22.5. The maximum absolute atomic E-state index is 12.5. The van der Waals surface area contributed by atoms with Crippen molar-refractivity contribution in [2.24, 2.45) is 0 Å². The minimum absolute atomic E-state index is 0.0111. The lowest BCUT2D eigenvalue weighted by Gasteiger charge is -2.20. The van der Waals surface area contributed by atoms with Crippen molar-refractivity contribution in [2.75, 3.05) is 13.2 Å². The van der Waals surface area contributed by atoms with E-state index in [1.165, 1.54) is 270 Å². The average molecular weight is 1030 g/mol. The van der Waals surface area contributed by atoms with E-state index in [1.807, 2.05) is 6.08 Å². The van der Waals surface area contributed by atoms with E-state index in [-0.39, 0.29) is 18.5 Å². The molecule has 2 unspecified atom stereocenters. The Balaban J connectivity index is 3.44. The van der Waals surface area contributed by atoms with Gasteiger partial charge in [-0.05, 0) is 64.2 Å². The van der Waals surface area contributed by atoms with E-state index in [4.69, 9.17) is 4.74 Å². The number of aliphatic hydroxyl groups is 2. The van der Waals surface area contributed by atoms with Crippen LogP contribution in [-0.2, 0) is 14.3 Å². The molecule has 0 aromatic rings. The molecule has 0 rings (SSSR count). The van der Waals surface area contributed by atoms with Gasteiger partial charge in [-0.3, -0.25) is 9.59 Å². The third kappa shape index (κ3) is 59.2. The smallest absolute Gasteiger partial charge is 0.305 e. The Hall–Kier alpha value is -1.92. The number of ether oxygens (including phenoxy) is 1. The van der Waals surface area contributed by atoms with Gasteiger partial charge in [-0.1, -0.05) is 314 Å². The van der Waals surface area contributed by atoms with Crippen LogP contribution in [0, 0.1) is 0 Å². The number of carbonyl (C=O) groups excluding carboxylic acids is 2. The van der Waals surface area contributed by atoms with E-state index in [0.717, 1.165) is 57.8 Å². The van der Waals surface area contributed by atoms with Crippen molar-refractivity contribution in [1.82, 2.24) is 5.32 Å². The highest BCUT2D eigenvalue weighted by Crippen LogP contribution is 2.17. The number of hydrogen-bond donors (Lipinski definition) is 3. The maximum Gasteiger partial charge on any atom is 0.305 e. The number of hydrogen-bond acceptors (Lipinski definition) is 5. The molecule has 0 aliphatic heterocycles. The zero-order valence-corrected chi connectivity index (χ0v) is 49.1. The first-order valence-corrected chi connectivity index (χ1v) is 32.8. The van der Waals surface area contributed by atoms with Crippen molar-refractivity contribution in [3.63, 3.8) is 0 Å². The lowest BCUT2D eigenvalue weighted by Crippen LogP contribution is -2.45. The van der Waals surface area contributed by atoms with Crippen molar-refractivity contribution in [3.8, 4) is 0 Å². The third-order valence-electron chi connectivity index (χ3n) is 15.2. The summed E-state index contributed by atoms with van der Waals surface area (Å²) in [4.78, 5) is 24.6. The monoisotopic (exact) mass is 1030 g/mol. The Morgan fingerprint density at radius 1 is 0.384 bits per heavy atom. The molecular formula is C67H127NO5. The molecule has 73 heavy (non-hydrogen) atoms. The SMILES string of the molecule is CCCCCCCCCCCCCCC/C=C/C(O)C(CO)NC(=O)CCCCCCCCC/C=C\C/C=C\CCCCCCCCCCCOC(=O)CCCCCCCCCCCCCCCCCCCC. The topological polar surface area (TPSA) is 95.9 Å². The van der Waals surface area contributed by atoms with Crippen molar-refractivity contribution < 1.29 is 24.5 Å². The molecule has 0 aliphatic carbocycles. The summed E-state index contributed by atoms with van der Waals surface area (Å²) in [6, 6.07) is -0.636. The van der Waals surface area contributed by atoms with Crippen LogP contribution in [0.2, 0.25) is 0 Å². The van der Waals surface area contributed by atoms with E-state index in [2.05, 4.69) is 43.5 Å². The summed E-state index contributed by atoms with van der Waals surface area (Å²) in [7, 11) is 0. The Kier molecular flexibility index (Phi) is 61.0. The molecule has 0 bridgehead atoms. The van der Waals surface area contributed by atoms with Crippen LogP contribution in [-0.4, -0.2) is 47.4 Å². The van der Waals surface area contributed by atoms with Crippen molar-refractivity contribution in [3.05, 3.63) is 36.5 Å². The van der Waals surface area contributed by atoms with Gasteiger partial charge in [-0.25, -0.2) is 0 Å². The summed E-state index contributed by atoms with van der Waals surface area (Å²) in [5.74, 6) is -0.0660. The van der Waals surface area contributed by atoms with Gasteiger partial charge < -0.3 is 20.3 Å². The number of esters is 1. The number of nitrogens with one attached hydrogen (secondary N) is 1. The highest BCUT2D eigenvalue weighted by molar-refractivity contribution is 5.76. The van der Waals surface area contributed by atoms with Gasteiger partial charge in [0, 0.05) is 12.8 Å². The largest absolute Gasteiger partial charge is 0.466 e. The summed E-state index contributed by atoms with van der Waals surface area (Å²) in [6.07, 6.45) is 79.1. The van der Waals surface area contributed by atoms with Gasteiger partial charge in [-0.15, -0.1) is 0 Å². The molecule has 0 aromatic heterocycles. The van der Waals surface area contributed by atoms with E-state index in [0.29, 0.717) is 19.4 Å². The minimum Gasteiger partial charge on any atom is -0.466 e. The molecule has 430 valence electrons. The molecule has 6 nitrogen and oxygen atoms in total. The fraction of sp³-hybridized carbons (Fsp3) is 0.881. The van der Waals surface area contributed by atoms with Gasteiger partial charge in [0.05, 0.1) is 25.4 Å². The van der Waals surface area contributed by atoms with Crippen LogP contribution in [0.25, 0.3) is 0 Å². The second-order valence-electron chi connectivity index (χ2n) is 22.5. The molecule has 1 amide bonds. The lowest BCUT2D eigenvalue weighted by molar-refractivity contribution is -0.143. The van der Waals surface area contributed by atoms with Crippen molar-refractivity contribution in [1.29, 1.82) is 0 Å². The van der Waals surface area contributed by atoms with Crippen LogP contribution in [0.4, 0.5) is 0 Å². The van der Waals surface area contributed by atoms with Crippen LogP contribution in [0.15, 0.2) is 36.5 Å². The quantitative estimate of drug-likeness (QED) is 0.0320. The average Bonchev–Trinajstić information content (AvgIpc) is 3.39. The number of aliphatic hydroxyl groups excluding tert-OH is 2. The van der Waals surface area contributed by atoms with E-state index >= 15 is 0 Å². The fourth-order valence-electron chi connectivity index (χ4n) is 10.1. The Morgan fingerprint density at radius 2 is 0.685 bits per heavy atom. The summed E-state index contributed by atoms with van der Waals surface area (Å²) in [5, 5.41) is 23.1. The predicted octanol–water partition coefficient (Wildman–Crippen LogP) is 20.8. The first-order valence-electron chi connectivity index (χ1n) is 32.8. The zero-order valence-electron chi connectivity index (χ0n) is 49.1. The van der Waals surface area contributed by atoms with E-state index < -0.39 is 12.1 Å². The summed E-state index contributed by atoms with van der Waals surface area (Å²) in [6.45, 7) is 4.92. The van der Waals surface area contributed by atoms with Crippen LogP contribution in [0.3, 0.4) is 0 Å². The van der Waals surface area contributed by atoms with Crippen molar-refractivity contribution in [2.45, 2.75) is 366 Å². The van der Waals surface area contributed by atoms with Gasteiger partial charge in [0.25, 0.3) is 0 Å². The molecule has 0 spiro atoms. The van der Waals surface area contributed by atoms with Crippen molar-refractivity contribution >= 4 is 11.9 Å². The summed E-state index contributed by atoms with van der Waals surface area (Å²) < 4.78 is 5.50. The van der Waals surface area contributed by atoms with Crippen LogP contribution in [0.1, 0.15) is 354 Å². The summed E-state index contributed by atoms with van der Waals surface area (Å²) >= 11 is 0. The standard InChI is InChI=1S/C67H127NO5/c1-3-5-7-9-11-13-15-17-19-20-29-33-37-41-45-49-53-57-61-67(72)73-62-58-54-50-46-42-38-34-30-27-25-23-21-22-24-26-28-32-36-40-44-48-52-56-60-66(71)68-64(63-69)65(70)59-55-51-47-43-39-35-31-18-16-14-12-10-8-6-4-2/h21,23-24,26,55,59,64-65,69-70H,3-20,22,25,27-54,56-58,60-63H2,1-2H3,(H,68,71)/b23-21-,26-24-,59-55+. The van der Waals surface area contributed by atoms with E-state index in [9.17, 15) is 19.8 Å². The maximum atomic E-state index is 12.5. The van der Waals surface area contributed by atoms with Crippen LogP contribution < -0.4 is 5.32 Å². The van der Waals surface area contributed by atoms with Crippen LogP contribution >= 0.6 is 0 Å². The molecule has 0 aromatic carbocycles. The molecule has 0 saturated carbocycles. The molecule has 0 fully saturated rings. The first kappa shape index (κ1) is 71.1. The first-order chi connectivity index (χ1) is 36.0. The molecule has 2 atom stereocenters. The fourth-order valence-corrected chi connectivity index (χ4v) is 10.1. The Morgan fingerprint density at radius 3 is 1.04 bits per heavy atom. The molecule has 0 radical (unpaired) electrons. The minimum atomic E-state index is -0.851. The highest BCUT2D eigenvalue weighted by atomic mass is 16.5. The highest BCUT2D eigenvalue weighted by Gasteiger charge is 2.18. The molecule has 3 N–H and O–H groups in total. The number of allylic oxidation sites excluding steroid dienone is 5. The third-order valence-corrected chi connectivity index (χ3v) is 15.2. The zero-order chi connectivity index (χ0) is 52.9. The van der Waals surface area contributed by atoms with Gasteiger partial charge in [0.15, 0.2) is 0 Å². The van der Waals surface area contributed by atoms with Crippen LogP contribution in [0.5, 0.6) is 0 Å². The number of rotatable bonds is 61. The normalized spacial score (nSPS) is 12.8. The number of unbranched alkanes of at least 4 members (excludes halogenated alkanes) is 46. The number of amides is 1. The molecule has 6 heteroatoms. The molecule has 0 heterocycles. The van der Waals surface area contributed by atoms with Gasteiger partial charge in [0.2, 0.25) is 5.91 Å². The molecule has 0 saturated heterocycles. The molecular weight excluding hydrogens is 899 g/mol. The molecule has 0 aliphatic rings. The van der Waals surface area contributed by atoms with Gasteiger partial charge in [0.1, 0.15) is 0 Å². The van der Waals surface area contributed by atoms with E-state index in [1.54, 1.807) is 6.08 Å².